The number of para-hydroxylation sites is 4. The topological polar surface area (TPSA) is 42.6 Å². The third-order valence-corrected chi connectivity index (χ3v) is 8.02. The van der Waals surface area contributed by atoms with Crippen molar-refractivity contribution in [1.82, 2.24) is 14.0 Å². The molecule has 2 aromatic heterocycles. The van der Waals surface area contributed by atoms with Crippen LogP contribution in [0.1, 0.15) is 13.8 Å². The van der Waals surface area contributed by atoms with Gasteiger partial charge < -0.3 is 23.9 Å². The van der Waals surface area contributed by atoms with Crippen LogP contribution in [0.4, 0.5) is 0 Å². The number of likely N-dealkylation sites (N-methyl/N-ethyl adjacent to an activating group) is 1. The zero-order valence-corrected chi connectivity index (χ0v) is 22.8. The molecule has 0 spiro atoms. The van der Waals surface area contributed by atoms with Gasteiger partial charge in [0.15, 0.2) is 0 Å². The molecule has 200 valence electrons. The van der Waals surface area contributed by atoms with Gasteiger partial charge >= 0.3 is 0 Å². The first-order valence-corrected chi connectivity index (χ1v) is 14.1. The molecule has 0 aliphatic rings. The Labute approximate surface area is 229 Å². The zero-order valence-electron chi connectivity index (χ0n) is 22.8. The van der Waals surface area contributed by atoms with Crippen molar-refractivity contribution in [2.45, 2.75) is 39.1 Å². The number of rotatable bonds is 11. The molecule has 0 bridgehead atoms. The number of fused-ring (bicyclic) bond motifs is 6. The van der Waals surface area contributed by atoms with E-state index in [2.05, 4.69) is 125 Å². The van der Waals surface area contributed by atoms with Crippen molar-refractivity contribution in [2.75, 3.05) is 26.2 Å². The number of benzene rings is 4. The molecule has 6 aromatic rings. The molecule has 1 atom stereocenters. The van der Waals surface area contributed by atoms with Gasteiger partial charge in [0.05, 0.1) is 31.9 Å². The highest BCUT2D eigenvalue weighted by Crippen LogP contribution is 2.31. The van der Waals surface area contributed by atoms with Crippen molar-refractivity contribution in [2.24, 2.45) is 0 Å². The van der Waals surface area contributed by atoms with Gasteiger partial charge in [0, 0.05) is 50.2 Å². The van der Waals surface area contributed by atoms with Gasteiger partial charge in [0.2, 0.25) is 0 Å². The first-order chi connectivity index (χ1) is 19.2. The van der Waals surface area contributed by atoms with E-state index in [1.54, 1.807) is 0 Å². The van der Waals surface area contributed by atoms with Crippen LogP contribution < -0.4 is 0 Å². The first kappa shape index (κ1) is 25.6. The Kier molecular flexibility index (Phi) is 7.38. The molecular weight excluding hydrogens is 482 g/mol. The minimum Gasteiger partial charge on any atom is -0.389 e. The quantitative estimate of drug-likeness (QED) is 0.207. The molecule has 2 heterocycles. The minimum atomic E-state index is -0.538. The molecule has 0 aliphatic carbocycles. The lowest BCUT2D eigenvalue weighted by atomic mass is 10.2. The SMILES string of the molecule is CCN(CC)C[C@@H](O)COC(Cn1c2ccccc2c2ccccc21)Cn1c2ccccc2c2ccccc21. The molecular formula is C34H37N3O2. The molecule has 5 heteroatoms. The smallest absolute Gasteiger partial charge is 0.0934 e. The number of hydrogen-bond donors (Lipinski definition) is 1. The molecule has 6 rings (SSSR count). The van der Waals surface area contributed by atoms with Crippen molar-refractivity contribution < 1.29 is 9.84 Å². The van der Waals surface area contributed by atoms with E-state index in [1.165, 1.54) is 43.6 Å². The van der Waals surface area contributed by atoms with Crippen LogP contribution in [-0.4, -0.2) is 57.6 Å². The summed E-state index contributed by atoms with van der Waals surface area (Å²) in [6, 6.07) is 34.4. The average molecular weight is 520 g/mol. The molecule has 5 nitrogen and oxygen atoms in total. The van der Waals surface area contributed by atoms with Crippen molar-refractivity contribution in [3.8, 4) is 0 Å². The van der Waals surface area contributed by atoms with Crippen molar-refractivity contribution in [3.63, 3.8) is 0 Å². The third-order valence-electron chi connectivity index (χ3n) is 8.02. The van der Waals surface area contributed by atoms with Crippen LogP contribution in [0.3, 0.4) is 0 Å². The molecule has 0 saturated heterocycles. The van der Waals surface area contributed by atoms with Crippen molar-refractivity contribution in [1.29, 1.82) is 0 Å². The highest BCUT2D eigenvalue weighted by molar-refractivity contribution is 6.08. The maximum atomic E-state index is 10.9. The lowest BCUT2D eigenvalue weighted by Gasteiger charge is -2.25. The van der Waals surface area contributed by atoms with E-state index in [4.69, 9.17) is 4.74 Å². The number of ether oxygens (including phenoxy) is 1. The molecule has 0 fully saturated rings. The standard InChI is InChI=1S/C34H37N3O2/c1-3-35(4-2)21-25(38)24-39-26(22-36-31-17-9-5-13-27(31)28-14-6-10-18-32(28)36)23-37-33-19-11-7-15-29(33)30-16-8-12-20-34(30)37/h5-20,25-26,38H,3-4,21-24H2,1-2H3/t25-/m1/s1. The Morgan fingerprint density at radius 3 is 1.33 bits per heavy atom. The molecule has 39 heavy (non-hydrogen) atoms. The van der Waals surface area contributed by atoms with Gasteiger partial charge in [0.1, 0.15) is 0 Å². The van der Waals surface area contributed by atoms with Gasteiger partial charge in [-0.1, -0.05) is 86.6 Å². The van der Waals surface area contributed by atoms with Crippen molar-refractivity contribution >= 4 is 43.6 Å². The lowest BCUT2D eigenvalue weighted by Crippen LogP contribution is -2.37. The monoisotopic (exact) mass is 519 g/mol. The molecule has 0 aliphatic heterocycles. The predicted octanol–water partition coefficient (Wildman–Crippen LogP) is 6.69. The van der Waals surface area contributed by atoms with Gasteiger partial charge in [-0.2, -0.15) is 0 Å². The number of nitrogens with zero attached hydrogens (tertiary/aromatic N) is 3. The van der Waals surface area contributed by atoms with Crippen LogP contribution in [-0.2, 0) is 17.8 Å². The second-order valence-corrected chi connectivity index (χ2v) is 10.4. The van der Waals surface area contributed by atoms with Crippen LogP contribution in [0.15, 0.2) is 97.1 Å². The van der Waals surface area contributed by atoms with Gasteiger partial charge in [-0.3, -0.25) is 0 Å². The average Bonchev–Trinajstić information content (AvgIpc) is 3.47. The maximum Gasteiger partial charge on any atom is 0.0934 e. The van der Waals surface area contributed by atoms with Crippen LogP contribution in [0, 0.1) is 0 Å². The summed E-state index contributed by atoms with van der Waals surface area (Å²) in [5, 5.41) is 15.9. The Bertz CT molecular complexity index is 1490. The summed E-state index contributed by atoms with van der Waals surface area (Å²) < 4.78 is 11.4. The Morgan fingerprint density at radius 1 is 0.615 bits per heavy atom. The Hall–Kier alpha value is -3.64. The van der Waals surface area contributed by atoms with E-state index in [0.717, 1.165) is 13.1 Å². The highest BCUT2D eigenvalue weighted by Gasteiger charge is 2.21. The van der Waals surface area contributed by atoms with Crippen LogP contribution in [0.25, 0.3) is 43.6 Å². The summed E-state index contributed by atoms with van der Waals surface area (Å²) >= 11 is 0. The summed E-state index contributed by atoms with van der Waals surface area (Å²) in [6.07, 6.45) is -0.682. The fraction of sp³-hybridized carbons (Fsp3) is 0.294. The van der Waals surface area contributed by atoms with Gasteiger partial charge in [-0.25, -0.2) is 0 Å². The number of aliphatic hydroxyl groups is 1. The second kappa shape index (κ2) is 11.2. The summed E-state index contributed by atoms with van der Waals surface area (Å²) in [6.45, 7) is 8.38. The summed E-state index contributed by atoms with van der Waals surface area (Å²) in [5.74, 6) is 0. The van der Waals surface area contributed by atoms with E-state index in [-0.39, 0.29) is 6.10 Å². The largest absolute Gasteiger partial charge is 0.389 e. The summed E-state index contributed by atoms with van der Waals surface area (Å²) in [5.41, 5.74) is 4.83. The number of aliphatic hydroxyl groups excluding tert-OH is 1. The van der Waals surface area contributed by atoms with E-state index in [9.17, 15) is 5.11 Å². The molecule has 0 saturated carbocycles. The normalized spacial score (nSPS) is 13.1. The van der Waals surface area contributed by atoms with Gasteiger partial charge in [-0.15, -0.1) is 0 Å². The summed E-state index contributed by atoms with van der Waals surface area (Å²) in [4.78, 5) is 2.24. The molecule has 0 amide bonds. The Balaban J connectivity index is 1.39. The molecule has 4 aromatic carbocycles. The second-order valence-electron chi connectivity index (χ2n) is 10.4. The maximum absolute atomic E-state index is 10.9. The van der Waals surface area contributed by atoms with E-state index in [1.807, 2.05) is 0 Å². The predicted molar refractivity (Wildman–Crippen MR) is 162 cm³/mol. The van der Waals surface area contributed by atoms with E-state index >= 15 is 0 Å². The minimum absolute atomic E-state index is 0.144. The molecule has 0 radical (unpaired) electrons. The fourth-order valence-electron chi connectivity index (χ4n) is 6.05. The highest BCUT2D eigenvalue weighted by atomic mass is 16.5. The van der Waals surface area contributed by atoms with Crippen LogP contribution >= 0.6 is 0 Å². The van der Waals surface area contributed by atoms with Gasteiger partial charge in [-0.05, 0) is 37.4 Å². The summed E-state index contributed by atoms with van der Waals surface area (Å²) in [7, 11) is 0. The molecule has 1 N–H and O–H groups in total. The van der Waals surface area contributed by atoms with Crippen LogP contribution in [0.5, 0.6) is 0 Å². The Morgan fingerprint density at radius 2 is 0.974 bits per heavy atom. The zero-order chi connectivity index (χ0) is 26.8. The third kappa shape index (κ3) is 4.94. The first-order valence-electron chi connectivity index (χ1n) is 14.1. The molecule has 0 unspecified atom stereocenters. The van der Waals surface area contributed by atoms with Gasteiger partial charge in [0.25, 0.3) is 0 Å². The number of hydrogen-bond acceptors (Lipinski definition) is 3. The fourth-order valence-corrected chi connectivity index (χ4v) is 6.05. The number of aromatic nitrogens is 2. The lowest BCUT2D eigenvalue weighted by molar-refractivity contribution is -0.0305. The van der Waals surface area contributed by atoms with Crippen LogP contribution in [0.2, 0.25) is 0 Å². The van der Waals surface area contributed by atoms with E-state index < -0.39 is 6.10 Å². The van der Waals surface area contributed by atoms with Crippen molar-refractivity contribution in [3.05, 3.63) is 97.1 Å². The van der Waals surface area contributed by atoms with E-state index in [0.29, 0.717) is 26.2 Å².